The Morgan fingerprint density at radius 3 is 2.77 bits per heavy atom. The number of nitriles is 1. The number of aromatic nitrogens is 5. The van der Waals surface area contributed by atoms with E-state index in [4.69, 9.17) is 16.3 Å². The summed E-state index contributed by atoms with van der Waals surface area (Å²) in [4.78, 5) is 25.5. The average molecular weight is 437 g/mol. The van der Waals surface area contributed by atoms with Crippen LogP contribution in [-0.2, 0) is 7.05 Å². The number of ether oxygens (including phenoxy) is 1. The van der Waals surface area contributed by atoms with Gasteiger partial charge in [-0.1, -0.05) is 17.7 Å². The number of aryl methyl sites for hydroxylation is 2. The maximum absolute atomic E-state index is 12.7. The van der Waals surface area contributed by atoms with E-state index in [2.05, 4.69) is 30.7 Å². The van der Waals surface area contributed by atoms with Gasteiger partial charge in [0, 0.05) is 13.1 Å². The first-order valence-electron chi connectivity index (χ1n) is 9.11. The standard InChI is InChI=1S/C20H17ClN8O2/c1-10-14(8-22)25-16(9-23-10)26-15-7-13(17-19(27-15)28-29(2)20(17)30)24-12-6-4-5-11(21)18(12)31-3/h4-7,9H,1-3H3,(H3,24,25,26,27,28). The molecule has 0 saturated heterocycles. The van der Waals surface area contributed by atoms with Gasteiger partial charge in [0.05, 0.1) is 35.4 Å². The van der Waals surface area contributed by atoms with E-state index in [-0.39, 0.29) is 11.3 Å². The van der Waals surface area contributed by atoms with E-state index in [9.17, 15) is 10.1 Å². The number of pyridine rings is 1. The van der Waals surface area contributed by atoms with Crippen molar-refractivity contribution in [3.05, 3.63) is 57.2 Å². The Hall–Kier alpha value is -4.10. The third-order valence-electron chi connectivity index (χ3n) is 4.57. The number of halogens is 1. The summed E-state index contributed by atoms with van der Waals surface area (Å²) < 4.78 is 6.73. The van der Waals surface area contributed by atoms with E-state index < -0.39 is 0 Å². The molecule has 0 atom stereocenters. The number of para-hydroxylation sites is 1. The van der Waals surface area contributed by atoms with Crippen molar-refractivity contribution >= 4 is 45.6 Å². The number of H-pyrrole nitrogens is 1. The molecule has 0 bridgehead atoms. The molecule has 0 spiro atoms. The number of nitrogens with one attached hydrogen (secondary N) is 3. The minimum absolute atomic E-state index is 0.209. The summed E-state index contributed by atoms with van der Waals surface area (Å²) >= 11 is 6.23. The van der Waals surface area contributed by atoms with Crippen molar-refractivity contribution in [2.45, 2.75) is 6.92 Å². The lowest BCUT2D eigenvalue weighted by molar-refractivity contribution is 0.417. The van der Waals surface area contributed by atoms with Crippen molar-refractivity contribution in [1.29, 1.82) is 5.26 Å². The SMILES string of the molecule is COc1c(Cl)cccc1Nc1cc(Nc2cnc(C)c(C#N)n2)nc2[nH]n(C)c(=O)c12. The van der Waals surface area contributed by atoms with Gasteiger partial charge in [-0.25, -0.2) is 9.97 Å². The van der Waals surface area contributed by atoms with Crippen LogP contribution < -0.4 is 20.9 Å². The molecule has 156 valence electrons. The van der Waals surface area contributed by atoms with Crippen molar-refractivity contribution in [3.63, 3.8) is 0 Å². The number of anilines is 4. The van der Waals surface area contributed by atoms with E-state index >= 15 is 0 Å². The third kappa shape index (κ3) is 3.74. The van der Waals surface area contributed by atoms with Gasteiger partial charge >= 0.3 is 0 Å². The summed E-state index contributed by atoms with van der Waals surface area (Å²) in [5.41, 5.74) is 1.91. The second-order valence-corrected chi connectivity index (χ2v) is 7.03. The highest BCUT2D eigenvalue weighted by molar-refractivity contribution is 6.32. The monoisotopic (exact) mass is 436 g/mol. The zero-order chi connectivity index (χ0) is 22.1. The van der Waals surface area contributed by atoms with Crippen LogP contribution in [0.5, 0.6) is 5.75 Å². The fourth-order valence-electron chi connectivity index (χ4n) is 3.09. The van der Waals surface area contributed by atoms with Gasteiger partial charge in [0.25, 0.3) is 5.56 Å². The minimum Gasteiger partial charge on any atom is -0.493 e. The zero-order valence-corrected chi connectivity index (χ0v) is 17.6. The van der Waals surface area contributed by atoms with Gasteiger partial charge in [-0.05, 0) is 19.1 Å². The highest BCUT2D eigenvalue weighted by Gasteiger charge is 2.16. The Bertz CT molecular complexity index is 1400. The summed E-state index contributed by atoms with van der Waals surface area (Å²) in [6, 6.07) is 8.92. The van der Waals surface area contributed by atoms with E-state index in [0.717, 1.165) is 0 Å². The predicted molar refractivity (Wildman–Crippen MR) is 117 cm³/mol. The first kappa shape index (κ1) is 20.2. The molecule has 0 saturated carbocycles. The van der Waals surface area contributed by atoms with Crippen LogP contribution in [0.3, 0.4) is 0 Å². The number of benzene rings is 1. The van der Waals surface area contributed by atoms with Crippen LogP contribution in [0, 0.1) is 18.3 Å². The molecule has 0 fully saturated rings. The number of methoxy groups -OCH3 is 1. The van der Waals surface area contributed by atoms with Gasteiger partial charge < -0.3 is 15.4 Å². The second kappa shape index (κ2) is 7.97. The predicted octanol–water partition coefficient (Wildman–Crippen LogP) is 3.38. The summed E-state index contributed by atoms with van der Waals surface area (Å²) in [5, 5.41) is 19.1. The number of aromatic amines is 1. The van der Waals surface area contributed by atoms with Crippen LogP contribution in [0.4, 0.5) is 23.0 Å². The normalized spacial score (nSPS) is 10.7. The van der Waals surface area contributed by atoms with Gasteiger partial charge in [0.2, 0.25) is 0 Å². The summed E-state index contributed by atoms with van der Waals surface area (Å²) in [7, 11) is 3.12. The lowest BCUT2D eigenvalue weighted by Crippen LogP contribution is -2.12. The Morgan fingerprint density at radius 1 is 1.23 bits per heavy atom. The lowest BCUT2D eigenvalue weighted by Gasteiger charge is -2.14. The minimum atomic E-state index is -0.251. The highest BCUT2D eigenvalue weighted by Crippen LogP contribution is 2.36. The molecule has 3 heterocycles. The number of hydrogen-bond acceptors (Lipinski definition) is 8. The number of nitrogens with zero attached hydrogens (tertiary/aromatic N) is 5. The molecular formula is C20H17ClN8O2. The molecule has 4 rings (SSSR count). The molecule has 3 N–H and O–H groups in total. The summed E-state index contributed by atoms with van der Waals surface area (Å²) in [6.07, 6.45) is 1.50. The second-order valence-electron chi connectivity index (χ2n) is 6.63. The van der Waals surface area contributed by atoms with Gasteiger partial charge in [-0.3, -0.25) is 19.6 Å². The molecular weight excluding hydrogens is 420 g/mol. The maximum atomic E-state index is 12.7. The smallest absolute Gasteiger partial charge is 0.277 e. The number of fused-ring (bicyclic) bond motifs is 1. The molecule has 1 aromatic carbocycles. The first-order valence-corrected chi connectivity index (χ1v) is 9.49. The third-order valence-corrected chi connectivity index (χ3v) is 4.87. The molecule has 0 unspecified atom stereocenters. The van der Waals surface area contributed by atoms with E-state index in [1.807, 2.05) is 6.07 Å². The van der Waals surface area contributed by atoms with Gasteiger partial charge in [-0.2, -0.15) is 5.26 Å². The molecule has 0 amide bonds. The Balaban J connectivity index is 1.82. The lowest BCUT2D eigenvalue weighted by atomic mass is 10.2. The molecule has 0 aliphatic heterocycles. The zero-order valence-electron chi connectivity index (χ0n) is 16.8. The van der Waals surface area contributed by atoms with Crippen LogP contribution in [0.1, 0.15) is 11.4 Å². The molecule has 4 aromatic rings. The van der Waals surface area contributed by atoms with Crippen LogP contribution in [0.2, 0.25) is 5.02 Å². The van der Waals surface area contributed by atoms with E-state index in [1.165, 1.54) is 18.0 Å². The Morgan fingerprint density at radius 2 is 2.03 bits per heavy atom. The molecule has 0 aliphatic carbocycles. The van der Waals surface area contributed by atoms with Crippen LogP contribution >= 0.6 is 11.6 Å². The van der Waals surface area contributed by atoms with Crippen LogP contribution in [0.25, 0.3) is 11.0 Å². The van der Waals surface area contributed by atoms with E-state index in [0.29, 0.717) is 50.5 Å². The van der Waals surface area contributed by atoms with Crippen LogP contribution in [0.15, 0.2) is 35.3 Å². The summed E-state index contributed by atoms with van der Waals surface area (Å²) in [5.74, 6) is 1.18. The van der Waals surface area contributed by atoms with E-state index in [1.54, 1.807) is 38.2 Å². The summed E-state index contributed by atoms with van der Waals surface area (Å²) in [6.45, 7) is 1.70. The van der Waals surface area contributed by atoms with Crippen molar-refractivity contribution in [3.8, 4) is 11.8 Å². The van der Waals surface area contributed by atoms with Crippen molar-refractivity contribution in [2.24, 2.45) is 7.05 Å². The van der Waals surface area contributed by atoms with Crippen LogP contribution in [-0.4, -0.2) is 31.8 Å². The van der Waals surface area contributed by atoms with Gasteiger partial charge in [0.1, 0.15) is 17.3 Å². The quantitative estimate of drug-likeness (QED) is 0.433. The fourth-order valence-corrected chi connectivity index (χ4v) is 3.34. The first-order chi connectivity index (χ1) is 14.9. The fraction of sp³-hybridized carbons (Fsp3) is 0.150. The Labute approximate surface area is 181 Å². The highest BCUT2D eigenvalue weighted by atomic mass is 35.5. The van der Waals surface area contributed by atoms with Crippen molar-refractivity contribution < 1.29 is 4.74 Å². The largest absolute Gasteiger partial charge is 0.493 e. The topological polar surface area (TPSA) is 134 Å². The molecule has 31 heavy (non-hydrogen) atoms. The Kier molecular flexibility index (Phi) is 5.19. The number of hydrogen-bond donors (Lipinski definition) is 3. The van der Waals surface area contributed by atoms with Gasteiger partial charge in [0.15, 0.2) is 22.9 Å². The van der Waals surface area contributed by atoms with Crippen molar-refractivity contribution in [1.82, 2.24) is 24.7 Å². The number of rotatable bonds is 5. The molecule has 3 aromatic heterocycles. The van der Waals surface area contributed by atoms with Crippen molar-refractivity contribution in [2.75, 3.05) is 17.7 Å². The molecule has 0 aliphatic rings. The molecule has 10 nitrogen and oxygen atoms in total. The molecule has 11 heteroatoms. The molecule has 0 radical (unpaired) electrons. The maximum Gasteiger partial charge on any atom is 0.277 e. The average Bonchev–Trinajstić information content (AvgIpc) is 3.03. The van der Waals surface area contributed by atoms with Gasteiger partial charge in [-0.15, -0.1) is 0 Å².